The van der Waals surface area contributed by atoms with Gasteiger partial charge < -0.3 is 14.2 Å². The molecule has 6 nitrogen and oxygen atoms in total. The van der Waals surface area contributed by atoms with Crippen molar-refractivity contribution in [1.29, 1.82) is 0 Å². The molecule has 0 aromatic heterocycles. The third-order valence-electron chi connectivity index (χ3n) is 13.5. The highest BCUT2D eigenvalue weighted by Gasteiger charge is 2.19. The van der Waals surface area contributed by atoms with Crippen LogP contribution in [0.3, 0.4) is 0 Å². The number of unbranched alkanes of at least 4 members (excludes halogenated alkanes) is 35. The van der Waals surface area contributed by atoms with Gasteiger partial charge in [0.1, 0.15) is 13.2 Å². The minimum Gasteiger partial charge on any atom is -0.462 e. The molecule has 412 valence electrons. The lowest BCUT2D eigenvalue weighted by Gasteiger charge is -2.18. The van der Waals surface area contributed by atoms with E-state index in [1.165, 1.54) is 173 Å². The second kappa shape index (κ2) is 59.7. The number of ether oxygens (including phenoxy) is 3. The molecular formula is C65H116O6. The minimum absolute atomic E-state index is 0.0848. The molecule has 0 N–H and O–H groups in total. The van der Waals surface area contributed by atoms with Crippen molar-refractivity contribution in [2.24, 2.45) is 0 Å². The van der Waals surface area contributed by atoms with Crippen LogP contribution < -0.4 is 0 Å². The van der Waals surface area contributed by atoms with E-state index in [9.17, 15) is 14.4 Å². The lowest BCUT2D eigenvalue weighted by atomic mass is 10.0. The lowest BCUT2D eigenvalue weighted by Crippen LogP contribution is -2.30. The Balaban J connectivity index is 4.39. The molecule has 0 aliphatic rings. The highest BCUT2D eigenvalue weighted by Crippen LogP contribution is 2.17. The molecule has 0 radical (unpaired) electrons. The van der Waals surface area contributed by atoms with Crippen LogP contribution in [0.1, 0.15) is 316 Å². The number of hydrogen-bond donors (Lipinski definition) is 0. The van der Waals surface area contributed by atoms with Crippen LogP contribution in [-0.2, 0) is 28.6 Å². The third kappa shape index (κ3) is 57.9. The first kappa shape index (κ1) is 68.1. The van der Waals surface area contributed by atoms with Crippen molar-refractivity contribution in [3.63, 3.8) is 0 Å². The van der Waals surface area contributed by atoms with Crippen molar-refractivity contribution >= 4 is 17.9 Å². The Hall–Kier alpha value is -2.89. The molecule has 1 unspecified atom stereocenters. The predicted octanol–water partition coefficient (Wildman–Crippen LogP) is 20.8. The zero-order valence-electron chi connectivity index (χ0n) is 47.2. The minimum atomic E-state index is -0.791. The van der Waals surface area contributed by atoms with Gasteiger partial charge in [-0.3, -0.25) is 14.4 Å². The van der Waals surface area contributed by atoms with Crippen molar-refractivity contribution in [2.75, 3.05) is 13.2 Å². The van der Waals surface area contributed by atoms with Crippen LogP contribution in [0, 0.1) is 0 Å². The van der Waals surface area contributed by atoms with E-state index in [2.05, 4.69) is 81.5 Å². The van der Waals surface area contributed by atoms with E-state index in [-0.39, 0.29) is 31.1 Å². The Kier molecular flexibility index (Phi) is 57.2. The van der Waals surface area contributed by atoms with Crippen LogP contribution in [0.4, 0.5) is 0 Å². The van der Waals surface area contributed by atoms with E-state index >= 15 is 0 Å². The van der Waals surface area contributed by atoms with Gasteiger partial charge in [-0.1, -0.05) is 274 Å². The third-order valence-corrected chi connectivity index (χ3v) is 13.5. The van der Waals surface area contributed by atoms with E-state index < -0.39 is 6.10 Å². The number of rotatable bonds is 56. The zero-order valence-corrected chi connectivity index (χ0v) is 47.2. The van der Waals surface area contributed by atoms with E-state index in [1.807, 2.05) is 0 Å². The summed E-state index contributed by atoms with van der Waals surface area (Å²) in [5.41, 5.74) is 0. The molecular weight excluding hydrogens is 877 g/mol. The summed E-state index contributed by atoms with van der Waals surface area (Å²) in [5, 5.41) is 0. The van der Waals surface area contributed by atoms with Gasteiger partial charge in [0, 0.05) is 19.3 Å². The predicted molar refractivity (Wildman–Crippen MR) is 307 cm³/mol. The number of hydrogen-bond acceptors (Lipinski definition) is 6. The van der Waals surface area contributed by atoms with Crippen LogP contribution in [0.15, 0.2) is 60.8 Å². The second-order valence-electron chi connectivity index (χ2n) is 20.6. The Morgan fingerprint density at radius 1 is 0.296 bits per heavy atom. The van der Waals surface area contributed by atoms with Gasteiger partial charge in [0.05, 0.1) is 0 Å². The largest absolute Gasteiger partial charge is 0.462 e. The molecule has 0 amide bonds. The maximum absolute atomic E-state index is 12.9. The van der Waals surface area contributed by atoms with Gasteiger partial charge in [0.15, 0.2) is 6.10 Å². The number of carbonyl (C=O) groups excluding carboxylic acids is 3. The molecule has 0 bridgehead atoms. The van der Waals surface area contributed by atoms with Gasteiger partial charge in [-0.15, -0.1) is 0 Å². The Labute approximate surface area is 440 Å². The van der Waals surface area contributed by atoms with Gasteiger partial charge in [0.25, 0.3) is 0 Å². The molecule has 0 spiro atoms. The van der Waals surface area contributed by atoms with Gasteiger partial charge in [-0.2, -0.15) is 0 Å². The quantitative estimate of drug-likeness (QED) is 0.0261. The number of allylic oxidation sites excluding steroid dienone is 10. The van der Waals surface area contributed by atoms with Crippen molar-refractivity contribution in [1.82, 2.24) is 0 Å². The first-order valence-electron chi connectivity index (χ1n) is 30.8. The first-order valence-corrected chi connectivity index (χ1v) is 30.8. The lowest BCUT2D eigenvalue weighted by molar-refractivity contribution is -0.167. The summed E-state index contributed by atoms with van der Waals surface area (Å²) < 4.78 is 16.9. The summed E-state index contributed by atoms with van der Waals surface area (Å²) in [6.07, 6.45) is 75.1. The molecule has 0 aromatic rings. The van der Waals surface area contributed by atoms with Crippen molar-refractivity contribution in [2.45, 2.75) is 322 Å². The van der Waals surface area contributed by atoms with Gasteiger partial charge in [-0.05, 0) is 83.5 Å². The maximum atomic E-state index is 12.9. The standard InChI is InChI=1S/C65H116O6/c1-4-7-10-13-16-19-22-25-28-31-33-35-37-40-43-46-49-52-55-58-64(67)70-61-62(60-69-63(66)57-54-51-48-45-42-39-36-30-27-24-21-18-15-12-9-6-3)71-65(68)59-56-53-50-47-44-41-38-34-32-29-26-23-20-17-14-11-8-5-2/h9,12,18,21,27,30,34,38-39,42,62H,4-8,10-11,13-17,19-20,22-26,28-29,31-33,35-37,40-41,43-61H2,1-3H3/b12-9-,21-18-,30-27-,38-34-,42-39-. The molecule has 71 heavy (non-hydrogen) atoms. The van der Waals surface area contributed by atoms with E-state index in [0.717, 1.165) is 103 Å². The van der Waals surface area contributed by atoms with E-state index in [4.69, 9.17) is 14.2 Å². The highest BCUT2D eigenvalue weighted by atomic mass is 16.6. The monoisotopic (exact) mass is 993 g/mol. The summed E-state index contributed by atoms with van der Waals surface area (Å²) in [6, 6.07) is 0. The van der Waals surface area contributed by atoms with Gasteiger partial charge >= 0.3 is 17.9 Å². The first-order chi connectivity index (χ1) is 35.0. The van der Waals surface area contributed by atoms with E-state index in [1.54, 1.807) is 0 Å². The van der Waals surface area contributed by atoms with E-state index in [0.29, 0.717) is 19.3 Å². The molecule has 0 heterocycles. The summed E-state index contributed by atoms with van der Waals surface area (Å²) in [4.78, 5) is 38.2. The topological polar surface area (TPSA) is 78.9 Å². The van der Waals surface area contributed by atoms with Crippen LogP contribution >= 0.6 is 0 Å². The Bertz CT molecular complexity index is 1280. The second-order valence-corrected chi connectivity index (χ2v) is 20.6. The van der Waals surface area contributed by atoms with Crippen LogP contribution in [0.25, 0.3) is 0 Å². The molecule has 1 atom stereocenters. The summed E-state index contributed by atoms with van der Waals surface area (Å²) in [7, 11) is 0. The van der Waals surface area contributed by atoms with Crippen LogP contribution in [0.5, 0.6) is 0 Å². The maximum Gasteiger partial charge on any atom is 0.306 e. The van der Waals surface area contributed by atoms with Crippen molar-refractivity contribution in [3.05, 3.63) is 60.8 Å². The zero-order chi connectivity index (χ0) is 51.4. The van der Waals surface area contributed by atoms with Gasteiger partial charge in [0.2, 0.25) is 0 Å². The average Bonchev–Trinajstić information content (AvgIpc) is 3.37. The highest BCUT2D eigenvalue weighted by molar-refractivity contribution is 5.71. The summed E-state index contributed by atoms with van der Waals surface area (Å²) in [5.74, 6) is -0.909. The fourth-order valence-electron chi connectivity index (χ4n) is 8.90. The fraction of sp³-hybridized carbons (Fsp3) is 0.800. The molecule has 0 aromatic carbocycles. The Morgan fingerprint density at radius 2 is 0.549 bits per heavy atom. The SMILES string of the molecule is CC/C=C\C/C=C\C/C=C\C/C=C\CCCCCC(=O)OCC(COC(=O)CCCCCCCCCCCCCCCCCCCCC)OC(=O)CCCCCCC/C=C\CCCCCCCCCCC. The smallest absolute Gasteiger partial charge is 0.306 e. The molecule has 0 aliphatic carbocycles. The molecule has 0 saturated heterocycles. The summed E-state index contributed by atoms with van der Waals surface area (Å²) >= 11 is 0. The molecule has 0 rings (SSSR count). The number of carbonyl (C=O) groups is 3. The summed E-state index contributed by atoms with van der Waals surface area (Å²) in [6.45, 7) is 6.54. The fourth-order valence-corrected chi connectivity index (χ4v) is 8.90. The normalized spacial score (nSPS) is 12.4. The van der Waals surface area contributed by atoms with Crippen molar-refractivity contribution < 1.29 is 28.6 Å². The molecule has 0 fully saturated rings. The van der Waals surface area contributed by atoms with Crippen LogP contribution in [-0.4, -0.2) is 37.2 Å². The average molecular weight is 994 g/mol. The van der Waals surface area contributed by atoms with Crippen molar-refractivity contribution in [3.8, 4) is 0 Å². The number of esters is 3. The molecule has 0 saturated carbocycles. The Morgan fingerprint density at radius 3 is 0.887 bits per heavy atom. The molecule has 0 aliphatic heterocycles. The van der Waals surface area contributed by atoms with Crippen LogP contribution in [0.2, 0.25) is 0 Å². The molecule has 6 heteroatoms. The van der Waals surface area contributed by atoms with Gasteiger partial charge in [-0.25, -0.2) is 0 Å².